The number of carbonyl (C=O) groups is 2. The Kier molecular flexibility index (Phi) is 5.49. The Hall–Kier alpha value is -3.54. The molecule has 0 aliphatic rings. The van der Waals surface area contributed by atoms with E-state index in [1.54, 1.807) is 30.3 Å². The van der Waals surface area contributed by atoms with Gasteiger partial charge < -0.3 is 20.2 Å². The lowest BCUT2D eigenvalue weighted by Gasteiger charge is -2.09. The van der Waals surface area contributed by atoms with Gasteiger partial charge in [-0.05, 0) is 62.2 Å². The smallest absolute Gasteiger partial charge is 0.291 e. The lowest BCUT2D eigenvalue weighted by Crippen LogP contribution is -2.15. The molecule has 6 heteroatoms. The summed E-state index contributed by atoms with van der Waals surface area (Å²) >= 11 is 0. The number of carbonyl (C=O) groups excluding carboxylic acids is 2. The van der Waals surface area contributed by atoms with Crippen LogP contribution >= 0.6 is 0 Å². The second kappa shape index (κ2) is 8.00. The number of hydrogen-bond donors (Lipinski definition) is 2. The number of hydrogen-bond acceptors (Lipinski definition) is 4. The highest BCUT2D eigenvalue weighted by Crippen LogP contribution is 2.22. The van der Waals surface area contributed by atoms with E-state index in [0.29, 0.717) is 17.0 Å². The predicted octanol–water partition coefficient (Wildman–Crippen LogP) is 4.14. The predicted molar refractivity (Wildman–Crippen MR) is 107 cm³/mol. The zero-order valence-electron chi connectivity index (χ0n) is 16.0. The van der Waals surface area contributed by atoms with Gasteiger partial charge in [0, 0.05) is 11.3 Å². The van der Waals surface area contributed by atoms with Crippen molar-refractivity contribution in [3.8, 4) is 5.75 Å². The van der Waals surface area contributed by atoms with Crippen LogP contribution in [0.2, 0.25) is 0 Å². The van der Waals surface area contributed by atoms with Crippen molar-refractivity contribution in [2.45, 2.75) is 27.4 Å². The SMILES string of the molecule is Cc1ccc(OCc2ccc(C(=O)Nc3cc(C(N)=O)ccc3C)o2)c(C)c1. The summed E-state index contributed by atoms with van der Waals surface area (Å²) in [5.41, 5.74) is 9.13. The number of nitrogens with two attached hydrogens (primary N) is 1. The average molecular weight is 378 g/mol. The second-order valence-electron chi connectivity index (χ2n) is 6.67. The summed E-state index contributed by atoms with van der Waals surface area (Å²) in [6.07, 6.45) is 0. The fourth-order valence-electron chi connectivity index (χ4n) is 2.78. The second-order valence-corrected chi connectivity index (χ2v) is 6.67. The van der Waals surface area contributed by atoms with Crippen molar-refractivity contribution in [3.63, 3.8) is 0 Å². The van der Waals surface area contributed by atoms with E-state index in [0.717, 1.165) is 22.4 Å². The normalized spacial score (nSPS) is 10.5. The van der Waals surface area contributed by atoms with Crippen molar-refractivity contribution in [1.82, 2.24) is 0 Å². The van der Waals surface area contributed by atoms with Gasteiger partial charge in [-0.1, -0.05) is 23.8 Å². The average Bonchev–Trinajstić information content (AvgIpc) is 3.12. The Labute approximate surface area is 163 Å². The summed E-state index contributed by atoms with van der Waals surface area (Å²) in [5, 5.41) is 2.74. The van der Waals surface area contributed by atoms with Gasteiger partial charge in [-0.15, -0.1) is 0 Å². The number of aryl methyl sites for hydroxylation is 3. The van der Waals surface area contributed by atoms with Crippen LogP contribution in [-0.4, -0.2) is 11.8 Å². The fourth-order valence-corrected chi connectivity index (χ4v) is 2.78. The van der Waals surface area contributed by atoms with E-state index in [1.165, 1.54) is 0 Å². The zero-order chi connectivity index (χ0) is 20.3. The third-order valence-electron chi connectivity index (χ3n) is 4.36. The maximum absolute atomic E-state index is 12.5. The van der Waals surface area contributed by atoms with Crippen molar-refractivity contribution < 1.29 is 18.7 Å². The standard InChI is InChI=1S/C22H22N2O4/c1-13-4-8-19(15(3)10-13)27-12-17-7-9-20(28-17)22(26)24-18-11-16(21(23)25)6-5-14(18)2/h4-11H,12H2,1-3H3,(H2,23,25)(H,24,26). The molecule has 1 aromatic heterocycles. The molecule has 0 saturated carbocycles. The first-order valence-corrected chi connectivity index (χ1v) is 8.84. The van der Waals surface area contributed by atoms with Crippen molar-refractivity contribution in [3.05, 3.63) is 82.3 Å². The molecule has 3 aromatic rings. The molecule has 0 aliphatic heterocycles. The van der Waals surface area contributed by atoms with E-state index >= 15 is 0 Å². The number of primary amides is 1. The van der Waals surface area contributed by atoms with Gasteiger partial charge in [-0.2, -0.15) is 0 Å². The largest absolute Gasteiger partial charge is 0.485 e. The molecule has 0 fully saturated rings. The Bertz CT molecular complexity index is 1040. The third kappa shape index (κ3) is 4.40. The van der Waals surface area contributed by atoms with Crippen LogP contribution in [-0.2, 0) is 6.61 Å². The van der Waals surface area contributed by atoms with Crippen molar-refractivity contribution in [2.75, 3.05) is 5.32 Å². The van der Waals surface area contributed by atoms with Gasteiger partial charge >= 0.3 is 0 Å². The van der Waals surface area contributed by atoms with E-state index in [4.69, 9.17) is 14.9 Å². The molecule has 2 amide bonds. The molecule has 28 heavy (non-hydrogen) atoms. The van der Waals surface area contributed by atoms with Gasteiger partial charge in [-0.25, -0.2) is 0 Å². The highest BCUT2D eigenvalue weighted by atomic mass is 16.5. The third-order valence-corrected chi connectivity index (χ3v) is 4.36. The Morgan fingerprint density at radius 2 is 1.79 bits per heavy atom. The van der Waals surface area contributed by atoms with Crippen LogP contribution in [0.3, 0.4) is 0 Å². The summed E-state index contributed by atoms with van der Waals surface area (Å²) in [6, 6.07) is 14.1. The lowest BCUT2D eigenvalue weighted by molar-refractivity contribution is 0.0985. The number of benzene rings is 2. The Balaban J connectivity index is 1.67. The number of ether oxygens (including phenoxy) is 1. The lowest BCUT2D eigenvalue weighted by atomic mass is 10.1. The van der Waals surface area contributed by atoms with Crippen LogP contribution in [0.4, 0.5) is 5.69 Å². The molecule has 0 radical (unpaired) electrons. The van der Waals surface area contributed by atoms with E-state index in [1.807, 2.05) is 39.0 Å². The van der Waals surface area contributed by atoms with E-state index in [9.17, 15) is 9.59 Å². The molecule has 3 rings (SSSR count). The van der Waals surface area contributed by atoms with E-state index in [2.05, 4.69) is 5.32 Å². The minimum atomic E-state index is -0.556. The van der Waals surface area contributed by atoms with Crippen LogP contribution in [0.15, 0.2) is 52.9 Å². The molecule has 0 unspecified atom stereocenters. The maximum Gasteiger partial charge on any atom is 0.291 e. The number of anilines is 1. The van der Waals surface area contributed by atoms with Crippen LogP contribution in [0.1, 0.15) is 43.4 Å². The number of furan rings is 1. The van der Waals surface area contributed by atoms with Crippen LogP contribution in [0.5, 0.6) is 5.75 Å². The van der Waals surface area contributed by atoms with Gasteiger partial charge in [0.15, 0.2) is 5.76 Å². The molecular formula is C22H22N2O4. The van der Waals surface area contributed by atoms with Crippen molar-refractivity contribution in [2.24, 2.45) is 5.73 Å². The fraction of sp³-hybridized carbons (Fsp3) is 0.182. The molecule has 6 nitrogen and oxygen atoms in total. The summed E-state index contributed by atoms with van der Waals surface area (Å²) in [4.78, 5) is 23.8. The van der Waals surface area contributed by atoms with Gasteiger partial charge in [0.1, 0.15) is 18.1 Å². The summed E-state index contributed by atoms with van der Waals surface area (Å²) in [7, 11) is 0. The van der Waals surface area contributed by atoms with E-state index in [-0.39, 0.29) is 12.4 Å². The van der Waals surface area contributed by atoms with Crippen molar-refractivity contribution in [1.29, 1.82) is 0 Å². The maximum atomic E-state index is 12.5. The first-order chi connectivity index (χ1) is 13.3. The first-order valence-electron chi connectivity index (χ1n) is 8.84. The molecule has 0 saturated heterocycles. The van der Waals surface area contributed by atoms with Crippen LogP contribution in [0, 0.1) is 20.8 Å². The quantitative estimate of drug-likeness (QED) is 0.674. The van der Waals surface area contributed by atoms with Gasteiger partial charge in [-0.3, -0.25) is 9.59 Å². The molecular weight excluding hydrogens is 356 g/mol. The minimum Gasteiger partial charge on any atom is -0.485 e. The molecule has 144 valence electrons. The van der Waals surface area contributed by atoms with Crippen molar-refractivity contribution >= 4 is 17.5 Å². The molecule has 0 bridgehead atoms. The van der Waals surface area contributed by atoms with Gasteiger partial charge in [0.05, 0.1) is 0 Å². The number of nitrogens with one attached hydrogen (secondary N) is 1. The topological polar surface area (TPSA) is 94.6 Å². The summed E-state index contributed by atoms with van der Waals surface area (Å²) < 4.78 is 11.4. The molecule has 0 atom stereocenters. The Morgan fingerprint density at radius 1 is 1.00 bits per heavy atom. The van der Waals surface area contributed by atoms with E-state index < -0.39 is 11.8 Å². The molecule has 2 aromatic carbocycles. The zero-order valence-corrected chi connectivity index (χ0v) is 16.0. The van der Waals surface area contributed by atoms with Crippen LogP contribution in [0.25, 0.3) is 0 Å². The van der Waals surface area contributed by atoms with Gasteiger partial charge in [0.2, 0.25) is 5.91 Å². The molecule has 0 spiro atoms. The highest BCUT2D eigenvalue weighted by Gasteiger charge is 2.14. The number of rotatable bonds is 6. The monoisotopic (exact) mass is 378 g/mol. The van der Waals surface area contributed by atoms with Crippen LogP contribution < -0.4 is 15.8 Å². The Morgan fingerprint density at radius 3 is 2.50 bits per heavy atom. The summed E-state index contributed by atoms with van der Waals surface area (Å²) in [5.74, 6) is 0.490. The molecule has 3 N–H and O–H groups in total. The van der Waals surface area contributed by atoms with Gasteiger partial charge in [0.25, 0.3) is 5.91 Å². The highest BCUT2D eigenvalue weighted by molar-refractivity contribution is 6.03. The number of amides is 2. The first kappa shape index (κ1) is 19.2. The summed E-state index contributed by atoms with van der Waals surface area (Å²) in [6.45, 7) is 6.04. The molecule has 1 heterocycles. The minimum absolute atomic E-state index is 0.156. The molecule has 0 aliphatic carbocycles.